The third-order valence-electron chi connectivity index (χ3n) is 4.58. The van der Waals surface area contributed by atoms with Crippen LogP contribution >= 0.6 is 11.6 Å². The van der Waals surface area contributed by atoms with E-state index in [4.69, 9.17) is 11.6 Å². The number of carbonyl (C=O) groups excluding carboxylic acids is 1. The van der Waals surface area contributed by atoms with Crippen molar-refractivity contribution in [2.75, 3.05) is 0 Å². The molecule has 0 heterocycles. The molecule has 0 aromatic heterocycles. The van der Waals surface area contributed by atoms with Gasteiger partial charge in [-0.2, -0.15) is 0 Å². The second kappa shape index (κ2) is 5.50. The quantitative estimate of drug-likeness (QED) is 0.702. The van der Waals surface area contributed by atoms with Gasteiger partial charge in [0.05, 0.1) is 0 Å². The Balaban J connectivity index is 1.80. The van der Waals surface area contributed by atoms with E-state index in [0.717, 1.165) is 29.0 Å². The van der Waals surface area contributed by atoms with E-state index in [2.05, 4.69) is 0 Å². The zero-order chi connectivity index (χ0) is 13.2. The Hall–Kier alpha value is -1.08. The van der Waals surface area contributed by atoms with Crippen LogP contribution in [0.1, 0.15) is 44.1 Å². The third-order valence-corrected chi connectivity index (χ3v) is 4.93. The van der Waals surface area contributed by atoms with Crippen molar-refractivity contribution >= 4 is 23.5 Å². The van der Waals surface area contributed by atoms with Crippen LogP contribution in [0.4, 0.5) is 0 Å². The fourth-order valence-electron chi connectivity index (χ4n) is 3.54. The number of carbonyl (C=O) groups is 1. The molecule has 1 atom stereocenters. The second-order valence-corrected chi connectivity index (χ2v) is 6.15. The highest BCUT2D eigenvalue weighted by atomic mass is 35.5. The Bertz CT molecular complexity index is 512. The molecule has 0 amide bonds. The molecule has 2 heteroatoms. The van der Waals surface area contributed by atoms with Gasteiger partial charge in [-0.05, 0) is 54.9 Å². The first-order valence-corrected chi connectivity index (χ1v) is 7.63. The summed E-state index contributed by atoms with van der Waals surface area (Å²) in [6.45, 7) is 0. The highest BCUT2D eigenvalue weighted by molar-refractivity contribution is 6.32. The topological polar surface area (TPSA) is 17.1 Å². The summed E-state index contributed by atoms with van der Waals surface area (Å²) in [6.07, 6.45) is 9.06. The Kier molecular flexibility index (Phi) is 3.74. The first-order chi connectivity index (χ1) is 9.25. The van der Waals surface area contributed by atoms with E-state index in [9.17, 15) is 4.79 Å². The van der Waals surface area contributed by atoms with Crippen molar-refractivity contribution in [3.05, 3.63) is 40.4 Å². The number of hydrogen-bond donors (Lipinski definition) is 0. The molecule has 0 N–H and O–H groups in total. The monoisotopic (exact) mass is 274 g/mol. The van der Waals surface area contributed by atoms with Crippen molar-refractivity contribution in [2.45, 2.75) is 38.5 Å². The third kappa shape index (κ3) is 2.62. The summed E-state index contributed by atoms with van der Waals surface area (Å²) in [5.41, 5.74) is 1.95. The molecule has 3 rings (SSSR count). The molecule has 2 aliphatic rings. The van der Waals surface area contributed by atoms with E-state index in [1.165, 1.54) is 25.7 Å². The Morgan fingerprint density at radius 2 is 1.84 bits per heavy atom. The van der Waals surface area contributed by atoms with E-state index >= 15 is 0 Å². The van der Waals surface area contributed by atoms with Crippen molar-refractivity contribution in [1.82, 2.24) is 0 Å². The molecular weight excluding hydrogens is 256 g/mol. The molecule has 0 aliphatic heterocycles. The zero-order valence-corrected chi connectivity index (χ0v) is 11.8. The number of Topliss-reactive ketones (excluding diaryl/α,β-unsaturated/α-hetero) is 1. The van der Waals surface area contributed by atoms with Crippen molar-refractivity contribution in [3.8, 4) is 0 Å². The van der Waals surface area contributed by atoms with E-state index in [-0.39, 0.29) is 5.92 Å². The lowest BCUT2D eigenvalue weighted by atomic mass is 9.88. The second-order valence-electron chi connectivity index (χ2n) is 5.75. The fraction of sp³-hybridized carbons (Fsp3) is 0.471. The molecule has 0 radical (unpaired) electrons. The van der Waals surface area contributed by atoms with Crippen LogP contribution in [0.2, 0.25) is 5.02 Å². The van der Waals surface area contributed by atoms with E-state index in [1.807, 2.05) is 30.3 Å². The smallest absolute Gasteiger partial charge is 0.162 e. The Labute approximate surface area is 119 Å². The molecule has 2 aliphatic carbocycles. The summed E-state index contributed by atoms with van der Waals surface area (Å²) in [7, 11) is 0. The van der Waals surface area contributed by atoms with Gasteiger partial charge >= 0.3 is 0 Å². The van der Waals surface area contributed by atoms with E-state index in [0.29, 0.717) is 11.7 Å². The van der Waals surface area contributed by atoms with Crippen LogP contribution in [0.5, 0.6) is 0 Å². The zero-order valence-electron chi connectivity index (χ0n) is 11.1. The molecule has 100 valence electrons. The van der Waals surface area contributed by atoms with Crippen LogP contribution in [-0.4, -0.2) is 5.78 Å². The van der Waals surface area contributed by atoms with Gasteiger partial charge in [0.25, 0.3) is 0 Å². The molecule has 1 unspecified atom stereocenters. The molecule has 1 aromatic rings. The van der Waals surface area contributed by atoms with Crippen LogP contribution < -0.4 is 0 Å². The first-order valence-electron chi connectivity index (χ1n) is 7.25. The molecule has 1 aromatic carbocycles. The Morgan fingerprint density at radius 3 is 2.58 bits per heavy atom. The molecule has 2 fully saturated rings. The van der Waals surface area contributed by atoms with Crippen molar-refractivity contribution in [1.29, 1.82) is 0 Å². The van der Waals surface area contributed by atoms with E-state index < -0.39 is 0 Å². The van der Waals surface area contributed by atoms with Crippen LogP contribution in [0.3, 0.4) is 0 Å². The number of halogens is 1. The predicted octanol–water partition coefficient (Wildman–Crippen LogP) is 4.89. The number of hydrogen-bond acceptors (Lipinski definition) is 1. The highest BCUT2D eigenvalue weighted by Crippen LogP contribution is 2.41. The number of ketones is 1. The van der Waals surface area contributed by atoms with Crippen LogP contribution in [0, 0.1) is 11.8 Å². The van der Waals surface area contributed by atoms with Gasteiger partial charge in [-0.15, -0.1) is 0 Å². The van der Waals surface area contributed by atoms with Gasteiger partial charge in [0, 0.05) is 10.9 Å². The molecule has 0 saturated heterocycles. The van der Waals surface area contributed by atoms with Gasteiger partial charge in [-0.25, -0.2) is 0 Å². The summed E-state index contributed by atoms with van der Waals surface area (Å²) in [4.78, 5) is 12.5. The number of benzene rings is 1. The summed E-state index contributed by atoms with van der Waals surface area (Å²) < 4.78 is 0. The van der Waals surface area contributed by atoms with Crippen molar-refractivity contribution in [2.24, 2.45) is 11.8 Å². The first kappa shape index (κ1) is 12.9. The van der Waals surface area contributed by atoms with Gasteiger partial charge < -0.3 is 0 Å². The lowest BCUT2D eigenvalue weighted by Gasteiger charge is -2.15. The van der Waals surface area contributed by atoms with Gasteiger partial charge in [-0.1, -0.05) is 42.6 Å². The summed E-state index contributed by atoms with van der Waals surface area (Å²) in [5.74, 6) is 1.31. The predicted molar refractivity (Wildman–Crippen MR) is 79.1 cm³/mol. The normalized spacial score (nSPS) is 26.5. The largest absolute Gasteiger partial charge is 0.294 e. The summed E-state index contributed by atoms with van der Waals surface area (Å²) in [6, 6.07) is 7.74. The minimum Gasteiger partial charge on any atom is -0.294 e. The van der Waals surface area contributed by atoms with E-state index in [1.54, 1.807) is 0 Å². The van der Waals surface area contributed by atoms with Gasteiger partial charge in [0.2, 0.25) is 0 Å². The molecular formula is C17H19ClO. The SMILES string of the molecule is O=C1/C(=C/c2ccccc2Cl)CCC1C1CCCC1. The summed E-state index contributed by atoms with van der Waals surface area (Å²) >= 11 is 6.16. The van der Waals surface area contributed by atoms with Gasteiger partial charge in [-0.3, -0.25) is 4.79 Å². The molecule has 0 bridgehead atoms. The maximum absolute atomic E-state index is 12.5. The highest BCUT2D eigenvalue weighted by Gasteiger charge is 2.36. The lowest BCUT2D eigenvalue weighted by molar-refractivity contribution is -0.119. The van der Waals surface area contributed by atoms with Crippen molar-refractivity contribution < 1.29 is 4.79 Å². The molecule has 2 saturated carbocycles. The Morgan fingerprint density at radius 1 is 1.11 bits per heavy atom. The van der Waals surface area contributed by atoms with Crippen LogP contribution in [0.25, 0.3) is 6.08 Å². The fourth-order valence-corrected chi connectivity index (χ4v) is 3.73. The average molecular weight is 275 g/mol. The minimum absolute atomic E-state index is 0.288. The van der Waals surface area contributed by atoms with Gasteiger partial charge in [0.1, 0.15) is 0 Å². The minimum atomic E-state index is 0.288. The average Bonchev–Trinajstić information content (AvgIpc) is 3.03. The molecule has 1 nitrogen and oxygen atoms in total. The standard InChI is InChI=1S/C17H19ClO/c18-16-8-4-3-7-13(16)11-14-9-10-15(17(14)19)12-5-1-2-6-12/h3-4,7-8,11-12,15H,1-2,5-6,9-10H2/b14-11+. The van der Waals surface area contributed by atoms with Gasteiger partial charge in [0.15, 0.2) is 5.78 Å². The maximum atomic E-state index is 12.5. The number of rotatable bonds is 2. The summed E-state index contributed by atoms with van der Waals surface area (Å²) in [5, 5.41) is 0.729. The van der Waals surface area contributed by atoms with Crippen LogP contribution in [0.15, 0.2) is 29.8 Å². The lowest BCUT2D eigenvalue weighted by Crippen LogP contribution is -2.16. The molecule has 19 heavy (non-hydrogen) atoms. The maximum Gasteiger partial charge on any atom is 0.162 e. The molecule has 0 spiro atoms. The van der Waals surface area contributed by atoms with Crippen LogP contribution in [-0.2, 0) is 4.79 Å². The van der Waals surface area contributed by atoms with Crippen molar-refractivity contribution in [3.63, 3.8) is 0 Å². The number of allylic oxidation sites excluding steroid dienone is 1.